The molecule has 1 heterocycles. The Morgan fingerprint density at radius 2 is 1.83 bits per heavy atom. The third kappa shape index (κ3) is 2.75. The summed E-state index contributed by atoms with van der Waals surface area (Å²) < 4.78 is 26.4. The number of carbonyl (C=O) groups is 1. The molecule has 4 rings (SSSR count). The summed E-state index contributed by atoms with van der Waals surface area (Å²) in [6.07, 6.45) is 3.90. The van der Waals surface area contributed by atoms with E-state index in [0.29, 0.717) is 21.7 Å². The molecule has 1 aliphatic carbocycles. The SMILES string of the molecule is O=C(Nc1ccc2c(c1)OC1(CCCC1)O2)c1cc(Br)ccc1F. The number of hydrogen-bond donors (Lipinski definition) is 1. The van der Waals surface area contributed by atoms with Crippen LogP contribution in [-0.4, -0.2) is 11.7 Å². The first-order chi connectivity index (χ1) is 11.5. The Morgan fingerprint density at radius 3 is 2.62 bits per heavy atom. The van der Waals surface area contributed by atoms with Gasteiger partial charge in [0.15, 0.2) is 11.5 Å². The Bertz CT molecular complexity index is 818. The van der Waals surface area contributed by atoms with Crippen LogP contribution in [0, 0.1) is 5.82 Å². The Kier molecular flexibility index (Phi) is 3.72. The maximum Gasteiger partial charge on any atom is 0.258 e. The van der Waals surface area contributed by atoms with Crippen LogP contribution in [0.25, 0.3) is 0 Å². The van der Waals surface area contributed by atoms with Gasteiger partial charge in [0.05, 0.1) is 5.56 Å². The van der Waals surface area contributed by atoms with Gasteiger partial charge < -0.3 is 14.8 Å². The smallest absolute Gasteiger partial charge is 0.258 e. The predicted octanol–water partition coefficient (Wildman–Crippen LogP) is 4.88. The number of rotatable bonds is 2. The molecule has 0 radical (unpaired) electrons. The van der Waals surface area contributed by atoms with Gasteiger partial charge in [0.2, 0.25) is 0 Å². The number of amides is 1. The predicted molar refractivity (Wildman–Crippen MR) is 91.0 cm³/mol. The molecule has 6 heteroatoms. The van der Waals surface area contributed by atoms with E-state index >= 15 is 0 Å². The second-order valence-corrected chi connectivity index (χ2v) is 6.98. The Hall–Kier alpha value is -2.08. The molecule has 0 bridgehead atoms. The highest BCUT2D eigenvalue weighted by Gasteiger charge is 2.44. The molecule has 1 fully saturated rings. The maximum absolute atomic E-state index is 13.8. The highest BCUT2D eigenvalue weighted by molar-refractivity contribution is 9.10. The van der Waals surface area contributed by atoms with Crippen LogP contribution < -0.4 is 14.8 Å². The van der Waals surface area contributed by atoms with Crippen LogP contribution in [-0.2, 0) is 0 Å². The fourth-order valence-electron chi connectivity index (χ4n) is 3.16. The second kappa shape index (κ2) is 5.77. The summed E-state index contributed by atoms with van der Waals surface area (Å²) in [6, 6.07) is 9.47. The van der Waals surface area contributed by atoms with Gasteiger partial charge in [-0.2, -0.15) is 0 Å². The number of anilines is 1. The van der Waals surface area contributed by atoms with E-state index < -0.39 is 17.5 Å². The first kappa shape index (κ1) is 15.4. The number of nitrogens with one attached hydrogen (secondary N) is 1. The van der Waals surface area contributed by atoms with Crippen molar-refractivity contribution in [1.82, 2.24) is 0 Å². The summed E-state index contributed by atoms with van der Waals surface area (Å²) >= 11 is 3.24. The van der Waals surface area contributed by atoms with Crippen LogP contribution in [0.5, 0.6) is 11.5 Å². The Morgan fingerprint density at radius 1 is 1.08 bits per heavy atom. The number of hydrogen-bond acceptors (Lipinski definition) is 3. The first-order valence-electron chi connectivity index (χ1n) is 7.83. The van der Waals surface area contributed by atoms with E-state index in [9.17, 15) is 9.18 Å². The van der Waals surface area contributed by atoms with Crippen molar-refractivity contribution in [2.24, 2.45) is 0 Å². The molecule has 0 aromatic heterocycles. The zero-order chi connectivity index (χ0) is 16.7. The molecule has 2 aliphatic rings. The fraction of sp³-hybridized carbons (Fsp3) is 0.278. The second-order valence-electron chi connectivity index (χ2n) is 6.06. The molecule has 1 saturated carbocycles. The number of fused-ring (bicyclic) bond motifs is 1. The molecule has 0 saturated heterocycles. The van der Waals surface area contributed by atoms with Crippen molar-refractivity contribution in [3.05, 3.63) is 52.3 Å². The summed E-state index contributed by atoms with van der Waals surface area (Å²) in [5, 5.41) is 2.70. The van der Waals surface area contributed by atoms with Crippen LogP contribution in [0.4, 0.5) is 10.1 Å². The summed E-state index contributed by atoms with van der Waals surface area (Å²) in [7, 11) is 0. The number of carbonyl (C=O) groups excluding carboxylic acids is 1. The molecule has 0 unspecified atom stereocenters. The quantitative estimate of drug-likeness (QED) is 0.793. The van der Waals surface area contributed by atoms with Crippen molar-refractivity contribution < 1.29 is 18.7 Å². The lowest BCUT2D eigenvalue weighted by Crippen LogP contribution is -2.34. The molecule has 2 aromatic rings. The van der Waals surface area contributed by atoms with Crippen molar-refractivity contribution in [3.63, 3.8) is 0 Å². The first-order valence-corrected chi connectivity index (χ1v) is 8.62. The highest BCUT2D eigenvalue weighted by Crippen LogP contribution is 2.47. The molecule has 124 valence electrons. The lowest BCUT2D eigenvalue weighted by Gasteiger charge is -2.21. The van der Waals surface area contributed by atoms with E-state index in [1.165, 1.54) is 12.1 Å². The van der Waals surface area contributed by atoms with Gasteiger partial charge in [-0.25, -0.2) is 4.39 Å². The molecular weight excluding hydrogens is 377 g/mol. The minimum absolute atomic E-state index is 0.0192. The topological polar surface area (TPSA) is 47.6 Å². The molecule has 1 amide bonds. The monoisotopic (exact) mass is 391 g/mol. The van der Waals surface area contributed by atoms with Gasteiger partial charge in [-0.1, -0.05) is 15.9 Å². The summed E-state index contributed by atoms with van der Waals surface area (Å²) in [6.45, 7) is 0. The molecule has 0 atom stereocenters. The number of benzene rings is 2. The van der Waals surface area contributed by atoms with E-state index in [2.05, 4.69) is 21.2 Å². The summed E-state index contributed by atoms with van der Waals surface area (Å²) in [5.74, 6) is -0.320. The average molecular weight is 392 g/mol. The van der Waals surface area contributed by atoms with Gasteiger partial charge in [0.1, 0.15) is 5.82 Å². The molecular formula is C18H15BrFNO3. The Balaban J connectivity index is 1.54. The lowest BCUT2D eigenvalue weighted by atomic mass is 10.2. The number of halogens is 2. The standard InChI is InChI=1S/C18H15BrFNO3/c19-11-3-5-14(20)13(9-11)17(22)21-12-4-6-15-16(10-12)24-18(23-15)7-1-2-8-18/h3-6,9-10H,1-2,7-8H2,(H,21,22). The van der Waals surface area contributed by atoms with E-state index in [1.807, 2.05) is 0 Å². The van der Waals surface area contributed by atoms with E-state index in [-0.39, 0.29) is 5.56 Å². The van der Waals surface area contributed by atoms with Gasteiger partial charge in [-0.15, -0.1) is 0 Å². The number of ether oxygens (including phenoxy) is 2. The molecule has 4 nitrogen and oxygen atoms in total. The Labute approximate surface area is 147 Å². The van der Waals surface area contributed by atoms with Crippen molar-refractivity contribution in [2.45, 2.75) is 31.5 Å². The molecule has 1 N–H and O–H groups in total. The van der Waals surface area contributed by atoms with Crippen molar-refractivity contribution >= 4 is 27.5 Å². The van der Waals surface area contributed by atoms with E-state index in [1.54, 1.807) is 24.3 Å². The maximum atomic E-state index is 13.8. The van der Waals surface area contributed by atoms with Crippen LogP contribution in [0.3, 0.4) is 0 Å². The van der Waals surface area contributed by atoms with Gasteiger partial charge in [0, 0.05) is 29.1 Å². The summed E-state index contributed by atoms with van der Waals surface area (Å²) in [4.78, 5) is 12.3. The third-order valence-corrected chi connectivity index (χ3v) is 4.83. The van der Waals surface area contributed by atoms with Crippen molar-refractivity contribution in [2.75, 3.05) is 5.32 Å². The van der Waals surface area contributed by atoms with Crippen molar-refractivity contribution in [3.8, 4) is 11.5 Å². The lowest BCUT2D eigenvalue weighted by molar-refractivity contribution is -0.0716. The third-order valence-electron chi connectivity index (χ3n) is 4.33. The van der Waals surface area contributed by atoms with Crippen molar-refractivity contribution in [1.29, 1.82) is 0 Å². The van der Waals surface area contributed by atoms with Crippen LogP contribution in [0.1, 0.15) is 36.0 Å². The minimum Gasteiger partial charge on any atom is -0.448 e. The summed E-state index contributed by atoms with van der Waals surface area (Å²) in [5.41, 5.74) is 0.520. The molecule has 1 aliphatic heterocycles. The minimum atomic E-state index is -0.568. The van der Waals surface area contributed by atoms with Gasteiger partial charge in [-0.05, 0) is 43.2 Å². The fourth-order valence-corrected chi connectivity index (χ4v) is 3.52. The normalized spacial score (nSPS) is 17.2. The largest absolute Gasteiger partial charge is 0.448 e. The van der Waals surface area contributed by atoms with E-state index in [0.717, 1.165) is 25.7 Å². The highest BCUT2D eigenvalue weighted by atomic mass is 79.9. The average Bonchev–Trinajstić information content (AvgIpc) is 3.15. The van der Waals surface area contributed by atoms with Crippen LogP contribution >= 0.6 is 15.9 Å². The zero-order valence-electron chi connectivity index (χ0n) is 12.8. The van der Waals surface area contributed by atoms with Gasteiger partial charge in [0.25, 0.3) is 11.7 Å². The molecule has 24 heavy (non-hydrogen) atoms. The van der Waals surface area contributed by atoms with Gasteiger partial charge >= 0.3 is 0 Å². The zero-order valence-corrected chi connectivity index (χ0v) is 14.4. The molecule has 1 spiro atoms. The molecule has 2 aromatic carbocycles. The van der Waals surface area contributed by atoms with Crippen LogP contribution in [0.2, 0.25) is 0 Å². The van der Waals surface area contributed by atoms with Gasteiger partial charge in [-0.3, -0.25) is 4.79 Å². The van der Waals surface area contributed by atoms with Crippen LogP contribution in [0.15, 0.2) is 40.9 Å². The van der Waals surface area contributed by atoms with E-state index in [4.69, 9.17) is 9.47 Å².